The smallest absolute Gasteiger partial charge is 0.242 e. The van der Waals surface area contributed by atoms with Crippen LogP contribution in [0.5, 0.6) is 0 Å². The van der Waals surface area contributed by atoms with Crippen LogP contribution in [0.1, 0.15) is 25.8 Å². The predicted octanol–water partition coefficient (Wildman–Crippen LogP) is 3.76. The van der Waals surface area contributed by atoms with Gasteiger partial charge in [0.15, 0.2) is 0 Å². The minimum Gasteiger partial charge on any atom is -0.354 e. The molecule has 2 rings (SSSR count). The molecule has 27 heavy (non-hydrogen) atoms. The van der Waals surface area contributed by atoms with E-state index in [2.05, 4.69) is 5.32 Å². The first-order chi connectivity index (χ1) is 13.1. The Morgan fingerprint density at radius 3 is 2.30 bits per heavy atom. The third kappa shape index (κ3) is 7.10. The Balaban J connectivity index is 2.02. The van der Waals surface area contributed by atoms with Gasteiger partial charge in [-0.15, -0.1) is 11.8 Å². The maximum absolute atomic E-state index is 12.9. The molecule has 2 aromatic carbocycles. The summed E-state index contributed by atoms with van der Waals surface area (Å²) in [6.07, 6.45) is 1.61. The lowest BCUT2D eigenvalue weighted by Gasteiger charge is -2.28. The van der Waals surface area contributed by atoms with E-state index in [1.54, 1.807) is 11.8 Å². The molecular weight excluding hydrogens is 356 g/mol. The van der Waals surface area contributed by atoms with Gasteiger partial charge in [-0.05, 0) is 37.5 Å². The van der Waals surface area contributed by atoms with Crippen LogP contribution < -0.4 is 5.32 Å². The maximum Gasteiger partial charge on any atom is 0.242 e. The van der Waals surface area contributed by atoms with E-state index in [0.717, 1.165) is 23.3 Å². The molecule has 0 heterocycles. The number of amides is 2. The Labute approximate surface area is 166 Å². The fourth-order valence-corrected chi connectivity index (χ4v) is 3.52. The Hall–Kier alpha value is -2.27. The molecule has 5 heteroatoms. The van der Waals surface area contributed by atoms with Crippen LogP contribution in [0.2, 0.25) is 0 Å². The summed E-state index contributed by atoms with van der Waals surface area (Å²) in [6, 6.07) is 19.4. The molecule has 144 valence electrons. The Morgan fingerprint density at radius 2 is 1.67 bits per heavy atom. The lowest BCUT2D eigenvalue weighted by Crippen LogP contribution is -2.49. The third-order valence-corrected chi connectivity index (χ3v) is 5.30. The molecule has 0 aliphatic rings. The van der Waals surface area contributed by atoms with Crippen molar-refractivity contribution in [1.29, 1.82) is 0 Å². The van der Waals surface area contributed by atoms with Crippen molar-refractivity contribution in [2.45, 2.75) is 37.6 Å². The van der Waals surface area contributed by atoms with Gasteiger partial charge >= 0.3 is 0 Å². The third-order valence-electron chi connectivity index (χ3n) is 4.31. The molecule has 0 fully saturated rings. The number of thioether (sulfide) groups is 1. The van der Waals surface area contributed by atoms with Gasteiger partial charge in [0.2, 0.25) is 11.8 Å². The number of nitrogens with zero attached hydrogens (tertiary/aromatic N) is 1. The molecule has 4 nitrogen and oxygen atoms in total. The maximum atomic E-state index is 12.9. The standard InChI is InChI=1S/C22H28N2O2S/c1-3-15-23-22(26)18(2)24(16-14-19-10-6-4-7-11-19)21(25)17-27-20-12-8-5-9-13-20/h4-13,18H,3,14-17H2,1-2H3,(H,23,26)/t18-/m1/s1. The van der Waals surface area contributed by atoms with Crippen molar-refractivity contribution in [3.05, 3.63) is 66.2 Å². The average molecular weight is 385 g/mol. The van der Waals surface area contributed by atoms with E-state index in [1.807, 2.05) is 67.6 Å². The zero-order chi connectivity index (χ0) is 19.5. The van der Waals surface area contributed by atoms with Gasteiger partial charge in [0.1, 0.15) is 6.04 Å². The highest BCUT2D eigenvalue weighted by Gasteiger charge is 2.25. The summed E-state index contributed by atoms with van der Waals surface area (Å²) in [5.74, 6) is 0.214. The van der Waals surface area contributed by atoms with E-state index in [-0.39, 0.29) is 11.8 Å². The number of benzene rings is 2. The summed E-state index contributed by atoms with van der Waals surface area (Å²) in [4.78, 5) is 28.1. The van der Waals surface area contributed by atoms with Gasteiger partial charge in [0.05, 0.1) is 5.75 Å². The minimum absolute atomic E-state index is 0.0149. The molecule has 0 unspecified atom stereocenters. The summed E-state index contributed by atoms with van der Waals surface area (Å²) in [5.41, 5.74) is 1.16. The lowest BCUT2D eigenvalue weighted by atomic mass is 10.1. The minimum atomic E-state index is -0.482. The Bertz CT molecular complexity index is 707. The van der Waals surface area contributed by atoms with E-state index in [0.29, 0.717) is 18.8 Å². The van der Waals surface area contributed by atoms with Crippen LogP contribution in [0.4, 0.5) is 0 Å². The number of rotatable bonds is 10. The molecule has 0 saturated heterocycles. The number of hydrogen-bond acceptors (Lipinski definition) is 3. The fraction of sp³-hybridized carbons (Fsp3) is 0.364. The zero-order valence-corrected chi connectivity index (χ0v) is 16.9. The van der Waals surface area contributed by atoms with Gasteiger partial charge in [-0.25, -0.2) is 0 Å². The SMILES string of the molecule is CCCNC(=O)[C@@H](C)N(CCc1ccccc1)C(=O)CSc1ccccc1. The average Bonchev–Trinajstić information content (AvgIpc) is 2.72. The lowest BCUT2D eigenvalue weighted by molar-refractivity contribution is -0.137. The van der Waals surface area contributed by atoms with Crippen LogP contribution in [-0.2, 0) is 16.0 Å². The summed E-state index contributed by atoms with van der Waals surface area (Å²) in [6.45, 7) is 4.97. The van der Waals surface area contributed by atoms with Gasteiger partial charge in [-0.3, -0.25) is 9.59 Å². The van der Waals surface area contributed by atoms with Crippen LogP contribution in [0.3, 0.4) is 0 Å². The molecule has 0 aliphatic heterocycles. The molecule has 0 bridgehead atoms. The quantitative estimate of drug-likeness (QED) is 0.635. The predicted molar refractivity (Wildman–Crippen MR) is 112 cm³/mol. The monoisotopic (exact) mass is 384 g/mol. The van der Waals surface area contributed by atoms with Crippen molar-refractivity contribution in [3.63, 3.8) is 0 Å². The zero-order valence-electron chi connectivity index (χ0n) is 16.1. The van der Waals surface area contributed by atoms with Gasteiger partial charge in [-0.2, -0.15) is 0 Å². The molecule has 1 atom stereocenters. The van der Waals surface area contributed by atoms with Crippen LogP contribution in [-0.4, -0.2) is 41.6 Å². The van der Waals surface area contributed by atoms with Crippen molar-refractivity contribution in [1.82, 2.24) is 10.2 Å². The van der Waals surface area contributed by atoms with E-state index < -0.39 is 6.04 Å². The number of carbonyl (C=O) groups excluding carboxylic acids is 2. The summed E-state index contributed by atoms with van der Waals surface area (Å²) in [7, 11) is 0. The second-order valence-electron chi connectivity index (χ2n) is 6.39. The molecule has 0 saturated carbocycles. The largest absolute Gasteiger partial charge is 0.354 e. The summed E-state index contributed by atoms with van der Waals surface area (Å²) >= 11 is 1.50. The van der Waals surface area contributed by atoms with Gasteiger partial charge < -0.3 is 10.2 Å². The molecule has 2 aromatic rings. The second-order valence-corrected chi connectivity index (χ2v) is 7.44. The Morgan fingerprint density at radius 1 is 1.04 bits per heavy atom. The highest BCUT2D eigenvalue weighted by molar-refractivity contribution is 8.00. The molecule has 0 radical (unpaired) electrons. The number of carbonyl (C=O) groups is 2. The van der Waals surface area contributed by atoms with E-state index in [9.17, 15) is 9.59 Å². The van der Waals surface area contributed by atoms with Crippen LogP contribution in [0, 0.1) is 0 Å². The molecule has 1 N–H and O–H groups in total. The van der Waals surface area contributed by atoms with Crippen molar-refractivity contribution < 1.29 is 9.59 Å². The molecule has 0 aromatic heterocycles. The van der Waals surface area contributed by atoms with Crippen molar-refractivity contribution in [2.75, 3.05) is 18.8 Å². The van der Waals surface area contributed by atoms with Gasteiger partial charge in [0, 0.05) is 18.0 Å². The van der Waals surface area contributed by atoms with Gasteiger partial charge in [0.25, 0.3) is 0 Å². The topological polar surface area (TPSA) is 49.4 Å². The summed E-state index contributed by atoms with van der Waals surface area (Å²) < 4.78 is 0. The van der Waals surface area contributed by atoms with E-state index >= 15 is 0 Å². The summed E-state index contributed by atoms with van der Waals surface area (Å²) in [5, 5.41) is 2.90. The second kappa shape index (κ2) is 11.4. The van der Waals surface area contributed by atoms with Crippen molar-refractivity contribution >= 4 is 23.6 Å². The van der Waals surface area contributed by atoms with E-state index in [4.69, 9.17) is 0 Å². The first-order valence-corrected chi connectivity index (χ1v) is 10.4. The first kappa shape index (κ1) is 21.0. The molecule has 0 spiro atoms. The fourth-order valence-electron chi connectivity index (χ4n) is 2.71. The van der Waals surface area contributed by atoms with Gasteiger partial charge in [-0.1, -0.05) is 55.5 Å². The van der Waals surface area contributed by atoms with E-state index in [1.165, 1.54) is 11.8 Å². The molecular formula is C22H28N2O2S. The van der Waals surface area contributed by atoms with Crippen LogP contribution in [0.25, 0.3) is 0 Å². The normalized spacial score (nSPS) is 11.6. The Kier molecular flexibility index (Phi) is 8.92. The highest BCUT2D eigenvalue weighted by atomic mass is 32.2. The van der Waals surface area contributed by atoms with Crippen LogP contribution >= 0.6 is 11.8 Å². The van der Waals surface area contributed by atoms with Crippen molar-refractivity contribution in [3.8, 4) is 0 Å². The number of hydrogen-bond donors (Lipinski definition) is 1. The first-order valence-electron chi connectivity index (χ1n) is 9.40. The number of nitrogens with one attached hydrogen (secondary N) is 1. The highest BCUT2D eigenvalue weighted by Crippen LogP contribution is 2.18. The molecule has 0 aliphatic carbocycles. The van der Waals surface area contributed by atoms with Crippen molar-refractivity contribution in [2.24, 2.45) is 0 Å². The van der Waals surface area contributed by atoms with Crippen LogP contribution in [0.15, 0.2) is 65.6 Å². The molecule has 2 amide bonds.